The van der Waals surface area contributed by atoms with Crippen molar-refractivity contribution in [3.8, 4) is 5.75 Å². The molecule has 1 amide bonds. The van der Waals surface area contributed by atoms with E-state index in [9.17, 15) is 9.90 Å². The number of carbonyl (C=O) groups excluding carboxylic acids is 1. The molecule has 1 aliphatic heterocycles. The lowest BCUT2D eigenvalue weighted by Gasteiger charge is -2.36. The van der Waals surface area contributed by atoms with Gasteiger partial charge in [0, 0.05) is 32.7 Å². The van der Waals surface area contributed by atoms with E-state index in [4.69, 9.17) is 4.74 Å². The van der Waals surface area contributed by atoms with E-state index < -0.39 is 5.60 Å². The molecular formula is C19H28N2O3. The molecule has 1 saturated heterocycles. The summed E-state index contributed by atoms with van der Waals surface area (Å²) in [5.41, 5.74) is -0.738. The molecule has 24 heavy (non-hydrogen) atoms. The van der Waals surface area contributed by atoms with E-state index in [2.05, 4.69) is 4.90 Å². The number of aliphatic hydroxyl groups is 1. The first kappa shape index (κ1) is 17.2. The molecule has 1 N–H and O–H groups in total. The van der Waals surface area contributed by atoms with E-state index in [0.29, 0.717) is 13.0 Å². The molecule has 0 bridgehead atoms. The van der Waals surface area contributed by atoms with Crippen molar-refractivity contribution in [1.29, 1.82) is 0 Å². The molecule has 1 heterocycles. The molecule has 3 rings (SSSR count). The van der Waals surface area contributed by atoms with Crippen molar-refractivity contribution in [2.24, 2.45) is 0 Å². The summed E-state index contributed by atoms with van der Waals surface area (Å²) in [6.45, 7) is 4.80. The van der Waals surface area contributed by atoms with Crippen molar-refractivity contribution in [3.63, 3.8) is 0 Å². The van der Waals surface area contributed by atoms with Crippen LogP contribution in [0.4, 0.5) is 0 Å². The molecule has 0 aromatic heterocycles. The average Bonchev–Trinajstić information content (AvgIpc) is 3.02. The lowest BCUT2D eigenvalue weighted by molar-refractivity contribution is -0.138. The van der Waals surface area contributed by atoms with Crippen LogP contribution in [0.25, 0.3) is 0 Å². The maximum absolute atomic E-state index is 12.4. The van der Waals surface area contributed by atoms with E-state index in [1.54, 1.807) is 0 Å². The van der Waals surface area contributed by atoms with Gasteiger partial charge in [0.15, 0.2) is 0 Å². The number of piperazine rings is 1. The predicted molar refractivity (Wildman–Crippen MR) is 93.0 cm³/mol. The first-order chi connectivity index (χ1) is 11.6. The Kier molecular flexibility index (Phi) is 5.74. The Morgan fingerprint density at radius 3 is 2.42 bits per heavy atom. The van der Waals surface area contributed by atoms with Gasteiger partial charge in [0.1, 0.15) is 12.4 Å². The van der Waals surface area contributed by atoms with Crippen LogP contribution in [0.15, 0.2) is 30.3 Å². The Morgan fingerprint density at radius 2 is 1.75 bits per heavy atom. The zero-order valence-corrected chi connectivity index (χ0v) is 14.3. The van der Waals surface area contributed by atoms with Crippen molar-refractivity contribution in [1.82, 2.24) is 9.80 Å². The number of benzene rings is 1. The fourth-order valence-electron chi connectivity index (χ4n) is 3.63. The summed E-state index contributed by atoms with van der Waals surface area (Å²) in [7, 11) is 0. The predicted octanol–water partition coefficient (Wildman–Crippen LogP) is 1.90. The minimum absolute atomic E-state index is 0.111. The highest BCUT2D eigenvalue weighted by atomic mass is 16.5. The third kappa shape index (κ3) is 4.71. The van der Waals surface area contributed by atoms with Crippen LogP contribution < -0.4 is 4.74 Å². The van der Waals surface area contributed by atoms with Crippen molar-refractivity contribution < 1.29 is 14.6 Å². The van der Waals surface area contributed by atoms with Crippen LogP contribution in [-0.2, 0) is 4.79 Å². The summed E-state index contributed by atoms with van der Waals surface area (Å²) in [5, 5.41) is 10.4. The first-order valence-corrected chi connectivity index (χ1v) is 9.05. The van der Waals surface area contributed by atoms with Gasteiger partial charge in [-0.3, -0.25) is 9.69 Å². The molecule has 0 spiro atoms. The van der Waals surface area contributed by atoms with Gasteiger partial charge in [-0.05, 0) is 25.0 Å². The standard InChI is InChI=1S/C19H28N2O3/c22-18(16-19(23)8-4-5-9-19)21-12-10-20(11-13-21)14-15-24-17-6-2-1-3-7-17/h1-3,6-7,23H,4-5,8-16H2. The van der Waals surface area contributed by atoms with Crippen LogP contribution in [-0.4, -0.2) is 65.7 Å². The van der Waals surface area contributed by atoms with E-state index in [-0.39, 0.29) is 5.91 Å². The van der Waals surface area contributed by atoms with Gasteiger partial charge in [-0.15, -0.1) is 0 Å². The van der Waals surface area contributed by atoms with Crippen molar-refractivity contribution >= 4 is 5.91 Å². The fourth-order valence-corrected chi connectivity index (χ4v) is 3.63. The van der Waals surface area contributed by atoms with Gasteiger partial charge in [0.05, 0.1) is 12.0 Å². The first-order valence-electron chi connectivity index (χ1n) is 9.05. The van der Waals surface area contributed by atoms with E-state index in [0.717, 1.165) is 64.2 Å². The van der Waals surface area contributed by atoms with Crippen LogP contribution in [0.5, 0.6) is 5.75 Å². The van der Waals surface area contributed by atoms with E-state index in [1.807, 2.05) is 35.2 Å². The number of carbonyl (C=O) groups is 1. The highest BCUT2D eigenvalue weighted by molar-refractivity contribution is 5.77. The zero-order chi connectivity index (χ0) is 16.8. The number of ether oxygens (including phenoxy) is 1. The monoisotopic (exact) mass is 332 g/mol. The van der Waals surface area contributed by atoms with Crippen molar-refractivity contribution in [2.45, 2.75) is 37.7 Å². The molecule has 0 atom stereocenters. The summed E-state index contributed by atoms with van der Waals surface area (Å²) in [6, 6.07) is 9.84. The van der Waals surface area contributed by atoms with Crippen LogP contribution >= 0.6 is 0 Å². The molecule has 1 aliphatic carbocycles. The Morgan fingerprint density at radius 1 is 1.08 bits per heavy atom. The Bertz CT molecular complexity index is 521. The Labute approximate surface area is 144 Å². The second kappa shape index (κ2) is 7.99. The molecule has 0 radical (unpaired) electrons. The van der Waals surface area contributed by atoms with Gasteiger partial charge in [0.25, 0.3) is 0 Å². The van der Waals surface area contributed by atoms with Gasteiger partial charge in [-0.2, -0.15) is 0 Å². The minimum atomic E-state index is -0.738. The van der Waals surface area contributed by atoms with Crippen LogP contribution in [0.3, 0.4) is 0 Å². The zero-order valence-electron chi connectivity index (χ0n) is 14.3. The van der Waals surface area contributed by atoms with E-state index in [1.165, 1.54) is 0 Å². The number of hydrogen-bond donors (Lipinski definition) is 1. The number of nitrogens with zero attached hydrogens (tertiary/aromatic N) is 2. The molecule has 132 valence electrons. The number of para-hydroxylation sites is 1. The highest BCUT2D eigenvalue weighted by Gasteiger charge is 2.35. The number of hydrogen-bond acceptors (Lipinski definition) is 4. The summed E-state index contributed by atoms with van der Waals surface area (Å²) >= 11 is 0. The summed E-state index contributed by atoms with van der Waals surface area (Å²) in [6.07, 6.45) is 3.92. The normalized spacial score (nSPS) is 21.0. The minimum Gasteiger partial charge on any atom is -0.492 e. The molecule has 0 unspecified atom stereocenters. The van der Waals surface area contributed by atoms with Crippen LogP contribution in [0.2, 0.25) is 0 Å². The molecule has 1 aromatic rings. The average molecular weight is 332 g/mol. The molecule has 1 aromatic carbocycles. The topological polar surface area (TPSA) is 53.0 Å². The summed E-state index contributed by atoms with van der Waals surface area (Å²) < 4.78 is 5.73. The van der Waals surface area contributed by atoms with Gasteiger partial charge in [-0.25, -0.2) is 0 Å². The molecule has 1 saturated carbocycles. The van der Waals surface area contributed by atoms with Gasteiger partial charge in [0.2, 0.25) is 5.91 Å². The SMILES string of the molecule is O=C(CC1(O)CCCC1)N1CCN(CCOc2ccccc2)CC1. The molecular weight excluding hydrogens is 304 g/mol. The molecule has 2 fully saturated rings. The van der Waals surface area contributed by atoms with Crippen molar-refractivity contribution in [3.05, 3.63) is 30.3 Å². The lowest BCUT2D eigenvalue weighted by atomic mass is 9.97. The summed E-state index contributed by atoms with van der Waals surface area (Å²) in [5.74, 6) is 1.01. The second-order valence-electron chi connectivity index (χ2n) is 6.99. The number of rotatable bonds is 6. The van der Waals surface area contributed by atoms with Crippen molar-refractivity contribution in [2.75, 3.05) is 39.3 Å². The highest BCUT2D eigenvalue weighted by Crippen LogP contribution is 2.32. The van der Waals surface area contributed by atoms with Gasteiger partial charge in [-0.1, -0.05) is 31.0 Å². The smallest absolute Gasteiger partial charge is 0.225 e. The van der Waals surface area contributed by atoms with Gasteiger partial charge >= 0.3 is 0 Å². The Balaban J connectivity index is 1.35. The second-order valence-corrected chi connectivity index (χ2v) is 6.99. The maximum atomic E-state index is 12.4. The maximum Gasteiger partial charge on any atom is 0.225 e. The largest absolute Gasteiger partial charge is 0.492 e. The van der Waals surface area contributed by atoms with Gasteiger partial charge < -0.3 is 14.7 Å². The van der Waals surface area contributed by atoms with Crippen LogP contribution in [0.1, 0.15) is 32.1 Å². The third-order valence-corrected chi connectivity index (χ3v) is 5.16. The fraction of sp³-hybridized carbons (Fsp3) is 0.632. The molecule has 5 nitrogen and oxygen atoms in total. The Hall–Kier alpha value is -1.59. The van der Waals surface area contributed by atoms with Crippen LogP contribution in [0, 0.1) is 0 Å². The lowest BCUT2D eigenvalue weighted by Crippen LogP contribution is -2.50. The molecule has 5 heteroatoms. The molecule has 2 aliphatic rings. The third-order valence-electron chi connectivity index (χ3n) is 5.16. The quantitative estimate of drug-likeness (QED) is 0.864. The summed E-state index contributed by atoms with van der Waals surface area (Å²) in [4.78, 5) is 16.6. The van der Waals surface area contributed by atoms with E-state index >= 15 is 0 Å². The number of amides is 1.